The minimum absolute atomic E-state index is 0.329. The predicted octanol–water partition coefficient (Wildman–Crippen LogP) is 1.17. The molecular weight excluding hydrogens is 232 g/mol. The summed E-state index contributed by atoms with van der Waals surface area (Å²) in [4.78, 5) is 16.2. The highest BCUT2D eigenvalue weighted by atomic mass is 16.5. The molecule has 3 rings (SSSR count). The highest BCUT2D eigenvalue weighted by Crippen LogP contribution is 2.24. The standard InChI is InChI=1S/C11H8N6O/c12-8-5-13-2-1-7(8)11-16-10(17-18-11)9-6-14-3-4-15-9/h1-6H,12H2. The lowest BCUT2D eigenvalue weighted by molar-refractivity contribution is 0.432. The zero-order chi connectivity index (χ0) is 12.4. The smallest absolute Gasteiger partial charge is 0.260 e. The molecule has 0 aliphatic carbocycles. The average molecular weight is 240 g/mol. The zero-order valence-electron chi connectivity index (χ0n) is 9.19. The van der Waals surface area contributed by atoms with Gasteiger partial charge in [0.2, 0.25) is 5.82 Å². The first-order valence-electron chi connectivity index (χ1n) is 5.14. The molecule has 0 fully saturated rings. The summed E-state index contributed by atoms with van der Waals surface area (Å²) in [5.41, 5.74) is 7.45. The molecule has 3 aromatic heterocycles. The number of pyridine rings is 1. The van der Waals surface area contributed by atoms with Gasteiger partial charge in [-0.25, -0.2) is 4.98 Å². The van der Waals surface area contributed by atoms with Crippen LogP contribution in [0.3, 0.4) is 0 Å². The molecule has 0 aromatic carbocycles. The SMILES string of the molecule is Nc1cnccc1-c1nc(-c2cnccn2)no1. The van der Waals surface area contributed by atoms with E-state index in [4.69, 9.17) is 10.3 Å². The predicted molar refractivity (Wildman–Crippen MR) is 63.0 cm³/mol. The lowest BCUT2D eigenvalue weighted by Crippen LogP contribution is -1.91. The Balaban J connectivity index is 2.03. The Morgan fingerprint density at radius 3 is 2.72 bits per heavy atom. The molecule has 0 amide bonds. The fourth-order valence-corrected chi connectivity index (χ4v) is 1.45. The van der Waals surface area contributed by atoms with Crippen LogP contribution in [-0.2, 0) is 0 Å². The summed E-state index contributed by atoms with van der Waals surface area (Å²) in [7, 11) is 0. The topological polar surface area (TPSA) is 104 Å². The van der Waals surface area contributed by atoms with Gasteiger partial charge in [-0.15, -0.1) is 0 Å². The van der Waals surface area contributed by atoms with Crippen molar-refractivity contribution in [3.8, 4) is 23.0 Å². The second kappa shape index (κ2) is 4.21. The van der Waals surface area contributed by atoms with Crippen molar-refractivity contribution in [1.82, 2.24) is 25.1 Å². The monoisotopic (exact) mass is 240 g/mol. The Kier molecular flexibility index (Phi) is 2.41. The molecule has 0 saturated carbocycles. The maximum atomic E-state index is 5.78. The van der Waals surface area contributed by atoms with Gasteiger partial charge in [0.25, 0.3) is 5.89 Å². The van der Waals surface area contributed by atoms with E-state index in [-0.39, 0.29) is 0 Å². The van der Waals surface area contributed by atoms with E-state index in [1.54, 1.807) is 30.9 Å². The molecular formula is C11H8N6O. The molecule has 7 nitrogen and oxygen atoms in total. The van der Waals surface area contributed by atoms with E-state index in [0.717, 1.165) is 0 Å². The maximum absolute atomic E-state index is 5.78. The highest BCUT2D eigenvalue weighted by Gasteiger charge is 2.13. The minimum atomic E-state index is 0.329. The van der Waals surface area contributed by atoms with Crippen molar-refractivity contribution in [2.75, 3.05) is 5.73 Å². The summed E-state index contributed by atoms with van der Waals surface area (Å²) in [5, 5.41) is 3.84. The Bertz CT molecular complexity index is 666. The van der Waals surface area contributed by atoms with Crippen molar-refractivity contribution in [1.29, 1.82) is 0 Å². The molecule has 7 heteroatoms. The second-order valence-electron chi connectivity index (χ2n) is 3.48. The van der Waals surface area contributed by atoms with Crippen LogP contribution < -0.4 is 5.73 Å². The maximum Gasteiger partial charge on any atom is 0.260 e. The summed E-state index contributed by atoms with van der Waals surface area (Å²) in [5.74, 6) is 0.699. The van der Waals surface area contributed by atoms with Gasteiger partial charge in [0, 0.05) is 18.6 Å². The van der Waals surface area contributed by atoms with Gasteiger partial charge in [-0.05, 0) is 6.07 Å². The molecule has 3 aromatic rings. The normalized spacial score (nSPS) is 10.4. The molecule has 0 bridgehead atoms. The minimum Gasteiger partial charge on any atom is -0.397 e. The van der Waals surface area contributed by atoms with Crippen molar-refractivity contribution in [2.45, 2.75) is 0 Å². The van der Waals surface area contributed by atoms with Gasteiger partial charge in [0.05, 0.1) is 23.6 Å². The number of hydrogen-bond donors (Lipinski definition) is 1. The van der Waals surface area contributed by atoms with Crippen LogP contribution in [0.5, 0.6) is 0 Å². The van der Waals surface area contributed by atoms with Crippen LogP contribution in [0.4, 0.5) is 5.69 Å². The third-order valence-corrected chi connectivity index (χ3v) is 2.30. The molecule has 0 radical (unpaired) electrons. The van der Waals surface area contributed by atoms with Crippen molar-refractivity contribution < 1.29 is 4.52 Å². The largest absolute Gasteiger partial charge is 0.397 e. The van der Waals surface area contributed by atoms with Crippen LogP contribution in [0.2, 0.25) is 0 Å². The Morgan fingerprint density at radius 1 is 1.06 bits per heavy atom. The fourth-order valence-electron chi connectivity index (χ4n) is 1.45. The van der Waals surface area contributed by atoms with E-state index in [1.807, 2.05) is 0 Å². The Hall–Kier alpha value is -2.83. The summed E-state index contributed by atoms with van der Waals surface area (Å²) in [6.07, 6.45) is 7.83. The van der Waals surface area contributed by atoms with E-state index in [1.165, 1.54) is 6.20 Å². The Morgan fingerprint density at radius 2 is 1.94 bits per heavy atom. The van der Waals surface area contributed by atoms with E-state index < -0.39 is 0 Å². The number of nitrogens with zero attached hydrogens (tertiary/aromatic N) is 5. The number of aromatic nitrogens is 5. The lowest BCUT2D eigenvalue weighted by atomic mass is 10.2. The van der Waals surface area contributed by atoms with Gasteiger partial charge >= 0.3 is 0 Å². The van der Waals surface area contributed by atoms with E-state index in [0.29, 0.717) is 28.7 Å². The molecule has 88 valence electrons. The molecule has 0 unspecified atom stereocenters. The van der Waals surface area contributed by atoms with E-state index >= 15 is 0 Å². The molecule has 0 atom stereocenters. The summed E-state index contributed by atoms with van der Waals surface area (Å²) >= 11 is 0. The summed E-state index contributed by atoms with van der Waals surface area (Å²) in [6, 6.07) is 1.71. The van der Waals surface area contributed by atoms with E-state index in [2.05, 4.69) is 25.1 Å². The number of nitrogen functional groups attached to an aromatic ring is 1. The van der Waals surface area contributed by atoms with Gasteiger partial charge < -0.3 is 10.3 Å². The van der Waals surface area contributed by atoms with Crippen LogP contribution in [0.15, 0.2) is 41.6 Å². The average Bonchev–Trinajstić information content (AvgIpc) is 2.90. The molecule has 0 saturated heterocycles. The van der Waals surface area contributed by atoms with Gasteiger partial charge in [-0.3, -0.25) is 9.97 Å². The van der Waals surface area contributed by atoms with Crippen LogP contribution >= 0.6 is 0 Å². The lowest BCUT2D eigenvalue weighted by Gasteiger charge is -1.97. The second-order valence-corrected chi connectivity index (χ2v) is 3.48. The molecule has 18 heavy (non-hydrogen) atoms. The zero-order valence-corrected chi connectivity index (χ0v) is 9.19. The first kappa shape index (κ1) is 10.3. The number of rotatable bonds is 2. The third kappa shape index (κ3) is 1.77. The first-order valence-corrected chi connectivity index (χ1v) is 5.14. The summed E-state index contributed by atoms with van der Waals surface area (Å²) < 4.78 is 5.15. The fraction of sp³-hybridized carbons (Fsp3) is 0. The van der Waals surface area contributed by atoms with Crippen molar-refractivity contribution in [3.63, 3.8) is 0 Å². The number of anilines is 1. The van der Waals surface area contributed by atoms with Gasteiger partial charge in [0.1, 0.15) is 5.69 Å². The van der Waals surface area contributed by atoms with Gasteiger partial charge in [0.15, 0.2) is 0 Å². The van der Waals surface area contributed by atoms with Gasteiger partial charge in [-0.2, -0.15) is 4.98 Å². The molecule has 0 aliphatic heterocycles. The van der Waals surface area contributed by atoms with Crippen molar-refractivity contribution >= 4 is 5.69 Å². The van der Waals surface area contributed by atoms with Crippen LogP contribution in [-0.4, -0.2) is 25.1 Å². The third-order valence-electron chi connectivity index (χ3n) is 2.30. The first-order chi connectivity index (χ1) is 8.84. The summed E-state index contributed by atoms with van der Waals surface area (Å²) in [6.45, 7) is 0. The Labute approximate surface area is 102 Å². The quantitative estimate of drug-likeness (QED) is 0.716. The van der Waals surface area contributed by atoms with E-state index in [9.17, 15) is 0 Å². The van der Waals surface area contributed by atoms with Crippen LogP contribution in [0.25, 0.3) is 23.0 Å². The van der Waals surface area contributed by atoms with Crippen molar-refractivity contribution in [2.24, 2.45) is 0 Å². The van der Waals surface area contributed by atoms with Crippen LogP contribution in [0, 0.1) is 0 Å². The molecule has 2 N–H and O–H groups in total. The van der Waals surface area contributed by atoms with Gasteiger partial charge in [-0.1, -0.05) is 5.16 Å². The molecule has 0 spiro atoms. The van der Waals surface area contributed by atoms with Crippen molar-refractivity contribution in [3.05, 3.63) is 37.1 Å². The highest BCUT2D eigenvalue weighted by molar-refractivity contribution is 5.69. The molecule has 0 aliphatic rings. The van der Waals surface area contributed by atoms with Crippen LogP contribution in [0.1, 0.15) is 0 Å². The molecule has 3 heterocycles. The number of hydrogen-bond acceptors (Lipinski definition) is 7. The number of nitrogens with two attached hydrogens (primary N) is 1.